The molecule has 3 heteroatoms. The summed E-state index contributed by atoms with van der Waals surface area (Å²) >= 11 is 0. The van der Waals surface area contributed by atoms with Gasteiger partial charge >= 0.3 is 0 Å². The molecule has 1 fully saturated rings. The number of rotatable bonds is 2. The topological polar surface area (TPSA) is 32.3 Å². The number of benzene rings is 1. The Morgan fingerprint density at radius 1 is 1.47 bits per heavy atom. The van der Waals surface area contributed by atoms with E-state index in [1.54, 1.807) is 12.1 Å². The minimum atomic E-state index is -0.174. The van der Waals surface area contributed by atoms with E-state index in [0.717, 1.165) is 24.9 Å². The van der Waals surface area contributed by atoms with Crippen LogP contribution in [-0.2, 0) is 0 Å². The van der Waals surface area contributed by atoms with Gasteiger partial charge in [0.05, 0.1) is 6.61 Å². The van der Waals surface area contributed by atoms with Gasteiger partial charge in [0.1, 0.15) is 5.82 Å². The van der Waals surface area contributed by atoms with Gasteiger partial charge in [0.15, 0.2) is 0 Å². The predicted octanol–water partition coefficient (Wildman–Crippen LogP) is 1.65. The Balaban J connectivity index is 2.09. The van der Waals surface area contributed by atoms with Crippen molar-refractivity contribution in [1.82, 2.24) is 5.32 Å². The highest BCUT2D eigenvalue weighted by atomic mass is 19.1. The molecule has 0 aliphatic carbocycles. The Morgan fingerprint density at radius 2 is 2.33 bits per heavy atom. The molecule has 2 rings (SSSR count). The smallest absolute Gasteiger partial charge is 0.123 e. The van der Waals surface area contributed by atoms with Gasteiger partial charge in [-0.1, -0.05) is 12.1 Å². The standard InChI is InChI=1S/C12H16FNO/c13-11-3-1-2-9(6-11)10-4-5-14-12(7-10)8-15/h1-3,6,10,12,14-15H,4-5,7-8H2. The summed E-state index contributed by atoms with van der Waals surface area (Å²) in [6.45, 7) is 1.05. The maximum atomic E-state index is 13.0. The quantitative estimate of drug-likeness (QED) is 0.776. The molecule has 0 amide bonds. The van der Waals surface area contributed by atoms with Gasteiger partial charge in [0, 0.05) is 6.04 Å². The SMILES string of the molecule is OCC1CC(c2cccc(F)c2)CCN1. The Hall–Kier alpha value is -0.930. The van der Waals surface area contributed by atoms with E-state index in [4.69, 9.17) is 5.11 Å². The molecule has 15 heavy (non-hydrogen) atoms. The molecular weight excluding hydrogens is 193 g/mol. The van der Waals surface area contributed by atoms with E-state index in [9.17, 15) is 4.39 Å². The lowest BCUT2D eigenvalue weighted by atomic mass is 9.86. The number of hydrogen-bond acceptors (Lipinski definition) is 2. The first-order chi connectivity index (χ1) is 7.29. The molecule has 0 saturated carbocycles. The summed E-state index contributed by atoms with van der Waals surface area (Å²) in [5.74, 6) is 0.200. The fraction of sp³-hybridized carbons (Fsp3) is 0.500. The van der Waals surface area contributed by atoms with Gasteiger partial charge in [-0.15, -0.1) is 0 Å². The molecule has 0 spiro atoms. The second kappa shape index (κ2) is 4.73. The van der Waals surface area contributed by atoms with Crippen LogP contribution in [0.4, 0.5) is 4.39 Å². The number of halogens is 1. The lowest BCUT2D eigenvalue weighted by molar-refractivity contribution is 0.210. The third-order valence-electron chi connectivity index (χ3n) is 3.04. The highest BCUT2D eigenvalue weighted by molar-refractivity contribution is 5.21. The van der Waals surface area contributed by atoms with Crippen LogP contribution in [0.2, 0.25) is 0 Å². The first kappa shape index (κ1) is 10.6. The average molecular weight is 209 g/mol. The average Bonchev–Trinajstić information content (AvgIpc) is 2.29. The van der Waals surface area contributed by atoms with Crippen molar-refractivity contribution in [2.24, 2.45) is 0 Å². The van der Waals surface area contributed by atoms with Crippen molar-refractivity contribution in [3.05, 3.63) is 35.6 Å². The fourth-order valence-corrected chi connectivity index (χ4v) is 2.21. The second-order valence-corrected chi connectivity index (χ2v) is 4.11. The van der Waals surface area contributed by atoms with Crippen LogP contribution in [0.25, 0.3) is 0 Å². The number of aliphatic hydroxyl groups excluding tert-OH is 1. The molecule has 1 aromatic carbocycles. The summed E-state index contributed by atoms with van der Waals surface area (Å²) in [6, 6.07) is 6.94. The summed E-state index contributed by atoms with van der Waals surface area (Å²) in [5, 5.41) is 12.3. The molecule has 1 aliphatic rings. The molecule has 2 nitrogen and oxygen atoms in total. The van der Waals surface area contributed by atoms with Crippen molar-refractivity contribution in [1.29, 1.82) is 0 Å². The van der Waals surface area contributed by atoms with Gasteiger partial charge in [-0.3, -0.25) is 0 Å². The van der Waals surface area contributed by atoms with Crippen molar-refractivity contribution in [2.75, 3.05) is 13.2 Å². The van der Waals surface area contributed by atoms with E-state index in [1.807, 2.05) is 6.07 Å². The Morgan fingerprint density at radius 3 is 3.07 bits per heavy atom. The molecule has 0 bridgehead atoms. The molecule has 2 unspecified atom stereocenters. The summed E-state index contributed by atoms with van der Waals surface area (Å²) in [5.41, 5.74) is 1.05. The van der Waals surface area contributed by atoms with Crippen LogP contribution in [0.15, 0.2) is 24.3 Å². The highest BCUT2D eigenvalue weighted by Gasteiger charge is 2.22. The van der Waals surface area contributed by atoms with Crippen LogP contribution in [-0.4, -0.2) is 24.3 Å². The summed E-state index contributed by atoms with van der Waals surface area (Å²) in [6.07, 6.45) is 1.90. The van der Waals surface area contributed by atoms with Crippen LogP contribution >= 0.6 is 0 Å². The van der Waals surface area contributed by atoms with Crippen molar-refractivity contribution < 1.29 is 9.50 Å². The highest BCUT2D eigenvalue weighted by Crippen LogP contribution is 2.27. The number of nitrogens with one attached hydrogen (secondary N) is 1. The molecule has 1 aliphatic heterocycles. The summed E-state index contributed by atoms with van der Waals surface area (Å²) < 4.78 is 13.0. The van der Waals surface area contributed by atoms with Crippen LogP contribution < -0.4 is 5.32 Å². The van der Waals surface area contributed by atoms with Crippen molar-refractivity contribution in [3.63, 3.8) is 0 Å². The van der Waals surface area contributed by atoms with E-state index in [1.165, 1.54) is 6.07 Å². The van der Waals surface area contributed by atoms with E-state index < -0.39 is 0 Å². The monoisotopic (exact) mass is 209 g/mol. The van der Waals surface area contributed by atoms with Gasteiger partial charge in [0.25, 0.3) is 0 Å². The van der Waals surface area contributed by atoms with Crippen molar-refractivity contribution in [2.45, 2.75) is 24.8 Å². The van der Waals surface area contributed by atoms with E-state index in [0.29, 0.717) is 5.92 Å². The minimum absolute atomic E-state index is 0.159. The zero-order valence-corrected chi connectivity index (χ0v) is 8.62. The van der Waals surface area contributed by atoms with E-state index in [-0.39, 0.29) is 18.5 Å². The maximum absolute atomic E-state index is 13.0. The third kappa shape index (κ3) is 2.55. The summed E-state index contributed by atoms with van der Waals surface area (Å²) in [7, 11) is 0. The maximum Gasteiger partial charge on any atom is 0.123 e. The van der Waals surface area contributed by atoms with Crippen LogP contribution in [0.5, 0.6) is 0 Å². The fourth-order valence-electron chi connectivity index (χ4n) is 2.21. The van der Waals surface area contributed by atoms with Gasteiger partial charge < -0.3 is 10.4 Å². The second-order valence-electron chi connectivity index (χ2n) is 4.11. The van der Waals surface area contributed by atoms with Crippen molar-refractivity contribution >= 4 is 0 Å². The van der Waals surface area contributed by atoms with Gasteiger partial charge in [-0.2, -0.15) is 0 Å². The van der Waals surface area contributed by atoms with Crippen LogP contribution in [0.1, 0.15) is 24.3 Å². The Labute approximate surface area is 89.1 Å². The molecule has 1 heterocycles. The number of piperidine rings is 1. The third-order valence-corrected chi connectivity index (χ3v) is 3.04. The normalized spacial score (nSPS) is 26.5. The molecule has 2 atom stereocenters. The number of hydrogen-bond donors (Lipinski definition) is 2. The van der Waals surface area contributed by atoms with Crippen LogP contribution in [0.3, 0.4) is 0 Å². The zero-order chi connectivity index (χ0) is 10.7. The summed E-state index contributed by atoms with van der Waals surface area (Å²) in [4.78, 5) is 0. The molecule has 82 valence electrons. The molecule has 1 saturated heterocycles. The minimum Gasteiger partial charge on any atom is -0.395 e. The van der Waals surface area contributed by atoms with Gasteiger partial charge in [-0.05, 0) is 43.0 Å². The molecule has 0 aromatic heterocycles. The Kier molecular flexibility index (Phi) is 3.34. The zero-order valence-electron chi connectivity index (χ0n) is 8.62. The lowest BCUT2D eigenvalue weighted by Gasteiger charge is -2.29. The van der Waals surface area contributed by atoms with E-state index in [2.05, 4.69) is 5.32 Å². The predicted molar refractivity (Wildman–Crippen MR) is 57.3 cm³/mol. The first-order valence-electron chi connectivity index (χ1n) is 5.39. The van der Waals surface area contributed by atoms with E-state index >= 15 is 0 Å². The molecule has 2 N–H and O–H groups in total. The van der Waals surface area contributed by atoms with Gasteiger partial charge in [-0.25, -0.2) is 4.39 Å². The number of aliphatic hydroxyl groups is 1. The Bertz CT molecular complexity index is 329. The molecule has 0 radical (unpaired) electrons. The lowest BCUT2D eigenvalue weighted by Crippen LogP contribution is -2.39. The molecular formula is C12H16FNO. The largest absolute Gasteiger partial charge is 0.395 e. The first-order valence-corrected chi connectivity index (χ1v) is 5.39. The van der Waals surface area contributed by atoms with Gasteiger partial charge in [0.2, 0.25) is 0 Å². The van der Waals surface area contributed by atoms with Crippen LogP contribution in [0, 0.1) is 5.82 Å². The molecule has 1 aromatic rings. The van der Waals surface area contributed by atoms with Crippen molar-refractivity contribution in [3.8, 4) is 0 Å².